The van der Waals surface area contributed by atoms with Crippen molar-refractivity contribution in [3.05, 3.63) is 23.8 Å². The molecule has 17 heavy (non-hydrogen) atoms. The molecular weight excluding hydrogens is 216 g/mol. The van der Waals surface area contributed by atoms with E-state index in [0.29, 0.717) is 6.79 Å². The van der Waals surface area contributed by atoms with Crippen LogP contribution in [0.2, 0.25) is 0 Å². The number of nitrogens with one attached hydrogen (secondary N) is 1. The molecule has 1 aliphatic heterocycles. The lowest BCUT2D eigenvalue weighted by atomic mass is 10.1. The van der Waals surface area contributed by atoms with Gasteiger partial charge >= 0.3 is 0 Å². The molecule has 0 bridgehead atoms. The Morgan fingerprint density at radius 3 is 2.59 bits per heavy atom. The highest BCUT2D eigenvalue weighted by Gasteiger charge is 2.17. The van der Waals surface area contributed by atoms with Crippen molar-refractivity contribution in [2.75, 3.05) is 6.79 Å². The van der Waals surface area contributed by atoms with E-state index in [4.69, 9.17) is 15.2 Å². The summed E-state index contributed by atoms with van der Waals surface area (Å²) in [7, 11) is 0. The first kappa shape index (κ1) is 12.2. The second kappa shape index (κ2) is 4.94. The first-order chi connectivity index (χ1) is 8.08. The summed E-state index contributed by atoms with van der Waals surface area (Å²) in [5.74, 6) is 1.64. The lowest BCUT2D eigenvalue weighted by molar-refractivity contribution is 0.174. The molecule has 3 atom stereocenters. The molecule has 94 valence electrons. The summed E-state index contributed by atoms with van der Waals surface area (Å²) in [5.41, 5.74) is 7.03. The third-order valence-electron chi connectivity index (χ3n) is 3.20. The van der Waals surface area contributed by atoms with Gasteiger partial charge in [-0.2, -0.15) is 0 Å². The van der Waals surface area contributed by atoms with Gasteiger partial charge in [-0.3, -0.25) is 0 Å². The van der Waals surface area contributed by atoms with Crippen LogP contribution in [-0.2, 0) is 0 Å². The van der Waals surface area contributed by atoms with Gasteiger partial charge in [-0.05, 0) is 38.5 Å². The molecule has 0 amide bonds. The van der Waals surface area contributed by atoms with Gasteiger partial charge in [0.05, 0.1) is 0 Å². The van der Waals surface area contributed by atoms with Crippen molar-refractivity contribution in [3.63, 3.8) is 0 Å². The van der Waals surface area contributed by atoms with Crippen molar-refractivity contribution in [1.82, 2.24) is 5.32 Å². The van der Waals surface area contributed by atoms with Gasteiger partial charge in [0.15, 0.2) is 11.5 Å². The predicted molar refractivity (Wildman–Crippen MR) is 67.2 cm³/mol. The quantitative estimate of drug-likeness (QED) is 0.837. The summed E-state index contributed by atoms with van der Waals surface area (Å²) in [5, 5.41) is 3.47. The van der Waals surface area contributed by atoms with E-state index in [1.807, 2.05) is 19.1 Å². The number of rotatable bonds is 4. The maximum absolute atomic E-state index is 5.85. The Bertz CT molecular complexity index is 393. The largest absolute Gasteiger partial charge is 0.454 e. The Kier molecular flexibility index (Phi) is 3.54. The minimum Gasteiger partial charge on any atom is -0.454 e. The van der Waals surface area contributed by atoms with Crippen LogP contribution in [0, 0.1) is 0 Å². The van der Waals surface area contributed by atoms with E-state index in [-0.39, 0.29) is 18.1 Å². The molecule has 3 N–H and O–H groups in total. The van der Waals surface area contributed by atoms with Crippen molar-refractivity contribution in [1.29, 1.82) is 0 Å². The van der Waals surface area contributed by atoms with Crippen LogP contribution in [0.1, 0.15) is 32.4 Å². The van der Waals surface area contributed by atoms with Crippen LogP contribution in [0.5, 0.6) is 11.5 Å². The molecule has 4 nitrogen and oxygen atoms in total. The molecule has 0 saturated heterocycles. The fourth-order valence-corrected chi connectivity index (χ4v) is 1.82. The highest BCUT2D eigenvalue weighted by Crippen LogP contribution is 2.34. The molecule has 0 saturated carbocycles. The van der Waals surface area contributed by atoms with Crippen molar-refractivity contribution >= 4 is 0 Å². The van der Waals surface area contributed by atoms with E-state index in [1.54, 1.807) is 0 Å². The van der Waals surface area contributed by atoms with Crippen LogP contribution in [0.3, 0.4) is 0 Å². The lowest BCUT2D eigenvalue weighted by Gasteiger charge is -2.23. The average Bonchev–Trinajstić information content (AvgIpc) is 2.75. The standard InChI is InChI=1S/C13H20N2O2/c1-8(14)9(2)15-10(3)11-4-5-12-13(6-11)17-7-16-12/h4-6,8-10,15H,7,14H2,1-3H3. The maximum atomic E-state index is 5.85. The highest BCUT2D eigenvalue weighted by atomic mass is 16.7. The Labute approximate surface area is 102 Å². The van der Waals surface area contributed by atoms with Crippen LogP contribution in [-0.4, -0.2) is 18.9 Å². The van der Waals surface area contributed by atoms with Crippen LogP contribution in [0.25, 0.3) is 0 Å². The Morgan fingerprint density at radius 2 is 1.88 bits per heavy atom. The van der Waals surface area contributed by atoms with E-state index in [2.05, 4.69) is 25.2 Å². The predicted octanol–water partition coefficient (Wildman–Crippen LogP) is 1.80. The summed E-state index contributed by atoms with van der Waals surface area (Å²) >= 11 is 0. The number of fused-ring (bicyclic) bond motifs is 1. The van der Waals surface area contributed by atoms with Crippen LogP contribution in [0.15, 0.2) is 18.2 Å². The highest BCUT2D eigenvalue weighted by molar-refractivity contribution is 5.45. The minimum atomic E-state index is 0.131. The van der Waals surface area contributed by atoms with E-state index >= 15 is 0 Å². The Hall–Kier alpha value is -1.26. The van der Waals surface area contributed by atoms with Gasteiger partial charge in [-0.25, -0.2) is 0 Å². The first-order valence-electron chi connectivity index (χ1n) is 5.99. The topological polar surface area (TPSA) is 56.5 Å². The molecule has 1 aromatic carbocycles. The summed E-state index contributed by atoms with van der Waals surface area (Å²) in [6.07, 6.45) is 0. The van der Waals surface area contributed by atoms with Gasteiger partial charge in [-0.1, -0.05) is 6.07 Å². The average molecular weight is 236 g/mol. The minimum absolute atomic E-state index is 0.131. The molecule has 0 spiro atoms. The van der Waals surface area contributed by atoms with Gasteiger partial charge in [0.25, 0.3) is 0 Å². The van der Waals surface area contributed by atoms with Crippen LogP contribution in [0.4, 0.5) is 0 Å². The van der Waals surface area contributed by atoms with E-state index in [0.717, 1.165) is 11.5 Å². The van der Waals surface area contributed by atoms with Gasteiger partial charge < -0.3 is 20.5 Å². The zero-order valence-electron chi connectivity index (χ0n) is 10.6. The van der Waals surface area contributed by atoms with Gasteiger partial charge in [0, 0.05) is 18.1 Å². The van der Waals surface area contributed by atoms with Gasteiger partial charge in [0.2, 0.25) is 6.79 Å². The van der Waals surface area contributed by atoms with Crippen LogP contribution < -0.4 is 20.5 Å². The first-order valence-corrected chi connectivity index (χ1v) is 5.99. The molecule has 0 aliphatic carbocycles. The number of nitrogens with two attached hydrogens (primary N) is 1. The summed E-state index contributed by atoms with van der Waals surface area (Å²) in [4.78, 5) is 0. The van der Waals surface area contributed by atoms with E-state index < -0.39 is 0 Å². The number of hydrogen-bond acceptors (Lipinski definition) is 4. The second-order valence-corrected chi connectivity index (χ2v) is 4.65. The van der Waals surface area contributed by atoms with Crippen molar-refractivity contribution in [3.8, 4) is 11.5 Å². The molecule has 3 unspecified atom stereocenters. The lowest BCUT2D eigenvalue weighted by Crippen LogP contribution is -2.41. The van der Waals surface area contributed by atoms with Gasteiger partial charge in [-0.15, -0.1) is 0 Å². The third-order valence-corrected chi connectivity index (χ3v) is 3.20. The van der Waals surface area contributed by atoms with Crippen LogP contribution >= 0.6 is 0 Å². The number of benzene rings is 1. The molecule has 2 rings (SSSR count). The second-order valence-electron chi connectivity index (χ2n) is 4.65. The smallest absolute Gasteiger partial charge is 0.231 e. The molecule has 1 aromatic rings. The monoisotopic (exact) mass is 236 g/mol. The number of ether oxygens (including phenoxy) is 2. The van der Waals surface area contributed by atoms with E-state index in [9.17, 15) is 0 Å². The van der Waals surface area contributed by atoms with Crippen molar-refractivity contribution in [2.24, 2.45) is 5.73 Å². The molecule has 1 heterocycles. The summed E-state index contributed by atoms with van der Waals surface area (Å²) in [6.45, 7) is 6.53. The maximum Gasteiger partial charge on any atom is 0.231 e. The summed E-state index contributed by atoms with van der Waals surface area (Å²) < 4.78 is 10.7. The Morgan fingerprint density at radius 1 is 1.18 bits per heavy atom. The van der Waals surface area contributed by atoms with Gasteiger partial charge in [0.1, 0.15) is 0 Å². The molecule has 0 fully saturated rings. The zero-order chi connectivity index (χ0) is 12.4. The zero-order valence-corrected chi connectivity index (χ0v) is 10.6. The molecule has 1 aliphatic rings. The summed E-state index contributed by atoms with van der Waals surface area (Å²) in [6, 6.07) is 6.67. The van der Waals surface area contributed by atoms with Crippen molar-refractivity contribution in [2.45, 2.75) is 38.9 Å². The van der Waals surface area contributed by atoms with E-state index in [1.165, 1.54) is 5.56 Å². The molecule has 0 radical (unpaired) electrons. The number of hydrogen-bond donors (Lipinski definition) is 2. The van der Waals surface area contributed by atoms with Crippen molar-refractivity contribution < 1.29 is 9.47 Å². The fourth-order valence-electron chi connectivity index (χ4n) is 1.82. The third kappa shape index (κ3) is 2.70. The molecule has 0 aromatic heterocycles. The Balaban J connectivity index is 2.07. The normalized spacial score (nSPS) is 18.8. The fraction of sp³-hybridized carbons (Fsp3) is 0.538. The molecule has 4 heteroatoms. The molecular formula is C13H20N2O2. The SMILES string of the molecule is CC(NC(C)C(C)N)c1ccc2c(c1)OCO2.